The first-order valence-corrected chi connectivity index (χ1v) is 10.3. The van der Waals surface area contributed by atoms with Gasteiger partial charge in [0.25, 0.3) is 0 Å². The largest absolute Gasteiger partial charge is 0.441 e. The fourth-order valence-corrected chi connectivity index (χ4v) is 4.19. The lowest BCUT2D eigenvalue weighted by Crippen LogP contribution is -2.34. The molecule has 1 unspecified atom stereocenters. The minimum Gasteiger partial charge on any atom is -0.441 e. The number of carbonyl (C=O) groups excluding carboxylic acids is 1. The Hall–Kier alpha value is -2.40. The Morgan fingerprint density at radius 1 is 1.15 bits per heavy atom. The molecule has 0 saturated carbocycles. The summed E-state index contributed by atoms with van der Waals surface area (Å²) in [7, 11) is 0. The molecule has 4 nitrogen and oxygen atoms in total. The van der Waals surface area contributed by atoms with E-state index in [0.29, 0.717) is 23.3 Å². The Kier molecular flexibility index (Phi) is 6.45. The van der Waals surface area contributed by atoms with Crippen LogP contribution in [0.2, 0.25) is 0 Å². The van der Waals surface area contributed by atoms with E-state index in [1.54, 1.807) is 11.3 Å². The van der Waals surface area contributed by atoms with E-state index < -0.39 is 0 Å². The van der Waals surface area contributed by atoms with Crippen molar-refractivity contribution in [3.8, 4) is 11.5 Å². The van der Waals surface area contributed by atoms with Crippen LogP contribution in [0.3, 0.4) is 0 Å². The number of benzene rings is 1. The minimum absolute atomic E-state index is 0.0173. The molecule has 1 N–H and O–H groups in total. The van der Waals surface area contributed by atoms with E-state index in [2.05, 4.69) is 35.6 Å². The number of hydrogen-bond acceptors (Lipinski definition) is 4. The van der Waals surface area contributed by atoms with Gasteiger partial charge in [0.15, 0.2) is 0 Å². The van der Waals surface area contributed by atoms with Crippen LogP contribution >= 0.6 is 11.3 Å². The van der Waals surface area contributed by atoms with Crippen molar-refractivity contribution in [2.24, 2.45) is 5.92 Å². The zero-order chi connectivity index (χ0) is 19.2. The van der Waals surface area contributed by atoms with Crippen molar-refractivity contribution in [3.63, 3.8) is 0 Å². The van der Waals surface area contributed by atoms with E-state index in [1.165, 1.54) is 4.88 Å². The molecule has 1 aromatic carbocycles. The number of rotatable bonds is 8. The van der Waals surface area contributed by atoms with Crippen LogP contribution in [0.1, 0.15) is 49.1 Å². The maximum Gasteiger partial charge on any atom is 0.226 e. The Bertz CT molecular complexity index is 852. The molecule has 1 atom stereocenters. The van der Waals surface area contributed by atoms with Gasteiger partial charge in [-0.2, -0.15) is 0 Å². The highest BCUT2D eigenvalue weighted by atomic mass is 32.1. The normalized spacial score (nSPS) is 12.3. The molecule has 0 aliphatic heterocycles. The van der Waals surface area contributed by atoms with Crippen LogP contribution in [-0.4, -0.2) is 10.9 Å². The van der Waals surface area contributed by atoms with Crippen LogP contribution in [-0.2, 0) is 11.2 Å². The summed E-state index contributed by atoms with van der Waals surface area (Å²) in [6.45, 7) is 6.21. The molecule has 3 aromatic rings. The highest BCUT2D eigenvalue weighted by molar-refractivity contribution is 7.10. The van der Waals surface area contributed by atoms with Crippen LogP contribution in [0.5, 0.6) is 0 Å². The molecule has 1 amide bonds. The summed E-state index contributed by atoms with van der Waals surface area (Å²) in [4.78, 5) is 18.5. The smallest absolute Gasteiger partial charge is 0.226 e. The van der Waals surface area contributed by atoms with Crippen molar-refractivity contribution in [3.05, 3.63) is 64.2 Å². The van der Waals surface area contributed by atoms with Crippen molar-refractivity contribution in [1.29, 1.82) is 0 Å². The zero-order valence-corrected chi connectivity index (χ0v) is 16.9. The predicted octanol–water partition coefficient (Wildman–Crippen LogP) is 5.55. The Morgan fingerprint density at radius 2 is 1.89 bits per heavy atom. The Labute approximate surface area is 164 Å². The number of nitrogens with one attached hydrogen (secondary N) is 1. The molecule has 0 aliphatic carbocycles. The molecular weight excluding hydrogens is 356 g/mol. The first-order valence-electron chi connectivity index (χ1n) is 9.46. The van der Waals surface area contributed by atoms with Crippen LogP contribution in [0.15, 0.2) is 52.3 Å². The van der Waals surface area contributed by atoms with Gasteiger partial charge in [0.2, 0.25) is 11.8 Å². The minimum atomic E-state index is -0.0173. The molecule has 2 heterocycles. The summed E-state index contributed by atoms with van der Waals surface area (Å²) in [5, 5.41) is 5.30. The highest BCUT2D eigenvalue weighted by Crippen LogP contribution is 2.30. The van der Waals surface area contributed by atoms with Gasteiger partial charge in [-0.15, -0.1) is 11.3 Å². The quantitative estimate of drug-likeness (QED) is 0.556. The maximum absolute atomic E-state index is 12.8. The molecular formula is C22H26N2O2S. The van der Waals surface area contributed by atoms with Gasteiger partial charge in [0.1, 0.15) is 5.76 Å². The second kappa shape index (κ2) is 9.00. The standard InChI is InChI=1S/C22H26N2O2S/c1-4-16(5-2)21(19-12-9-13-27-19)24-20(25)14-18-15(3)26-22(23-18)17-10-7-6-8-11-17/h6-13,16,21H,4-5,14H2,1-3H3,(H,24,25). The summed E-state index contributed by atoms with van der Waals surface area (Å²) >= 11 is 1.69. The van der Waals surface area contributed by atoms with E-state index in [9.17, 15) is 4.79 Å². The molecule has 2 aromatic heterocycles. The first kappa shape index (κ1) is 19.4. The summed E-state index contributed by atoms with van der Waals surface area (Å²) in [6.07, 6.45) is 2.28. The van der Waals surface area contributed by atoms with E-state index >= 15 is 0 Å². The third-order valence-corrected chi connectivity index (χ3v) is 5.88. The fraction of sp³-hybridized carbons (Fsp3) is 0.364. The summed E-state index contributed by atoms with van der Waals surface area (Å²) in [5.74, 6) is 1.66. The monoisotopic (exact) mass is 382 g/mol. The van der Waals surface area contributed by atoms with Gasteiger partial charge in [0.05, 0.1) is 18.2 Å². The van der Waals surface area contributed by atoms with Gasteiger partial charge in [0, 0.05) is 10.4 Å². The lowest BCUT2D eigenvalue weighted by Gasteiger charge is -2.25. The summed E-state index contributed by atoms with van der Waals surface area (Å²) < 4.78 is 5.78. The number of aromatic nitrogens is 1. The molecule has 3 rings (SSSR count). The van der Waals surface area contributed by atoms with Gasteiger partial charge in [-0.3, -0.25) is 4.79 Å². The third kappa shape index (κ3) is 4.66. The number of amides is 1. The molecule has 142 valence electrons. The Morgan fingerprint density at radius 3 is 2.52 bits per heavy atom. The topological polar surface area (TPSA) is 55.1 Å². The molecule has 0 fully saturated rings. The lowest BCUT2D eigenvalue weighted by atomic mass is 9.93. The first-order chi connectivity index (χ1) is 13.1. The number of nitrogens with zero attached hydrogens (tertiary/aromatic N) is 1. The number of hydrogen-bond donors (Lipinski definition) is 1. The van der Waals surface area contributed by atoms with Crippen LogP contribution in [0, 0.1) is 12.8 Å². The second-order valence-corrected chi connectivity index (χ2v) is 7.68. The molecule has 0 aliphatic rings. The summed E-state index contributed by atoms with van der Waals surface area (Å²) in [6, 6.07) is 13.9. The van der Waals surface area contributed by atoms with Crippen LogP contribution < -0.4 is 5.32 Å². The SMILES string of the molecule is CCC(CC)C(NC(=O)Cc1nc(-c2ccccc2)oc1C)c1cccs1. The van der Waals surface area contributed by atoms with Crippen LogP contribution in [0.25, 0.3) is 11.5 Å². The average Bonchev–Trinajstić information content (AvgIpc) is 3.33. The third-order valence-electron chi connectivity index (χ3n) is 4.93. The van der Waals surface area contributed by atoms with Gasteiger partial charge in [-0.1, -0.05) is 51.0 Å². The van der Waals surface area contributed by atoms with Crippen molar-refractivity contribution < 1.29 is 9.21 Å². The van der Waals surface area contributed by atoms with E-state index in [0.717, 1.165) is 18.4 Å². The van der Waals surface area contributed by atoms with Gasteiger partial charge < -0.3 is 9.73 Å². The summed E-state index contributed by atoms with van der Waals surface area (Å²) in [5.41, 5.74) is 1.61. The van der Waals surface area contributed by atoms with Crippen molar-refractivity contribution in [2.45, 2.75) is 46.1 Å². The molecule has 5 heteroatoms. The zero-order valence-electron chi connectivity index (χ0n) is 16.1. The Balaban J connectivity index is 1.74. The number of carbonyl (C=O) groups is 1. The molecule has 0 spiro atoms. The van der Waals surface area contributed by atoms with Gasteiger partial charge in [-0.05, 0) is 36.4 Å². The molecule has 27 heavy (non-hydrogen) atoms. The second-order valence-electron chi connectivity index (χ2n) is 6.70. The van der Waals surface area contributed by atoms with Gasteiger partial charge >= 0.3 is 0 Å². The van der Waals surface area contributed by atoms with E-state index in [4.69, 9.17) is 4.42 Å². The number of thiophene rings is 1. The van der Waals surface area contributed by atoms with E-state index in [-0.39, 0.29) is 18.4 Å². The highest BCUT2D eigenvalue weighted by Gasteiger charge is 2.24. The van der Waals surface area contributed by atoms with Crippen molar-refractivity contribution in [2.75, 3.05) is 0 Å². The average molecular weight is 383 g/mol. The molecule has 0 bridgehead atoms. The van der Waals surface area contributed by atoms with Crippen LogP contribution in [0.4, 0.5) is 0 Å². The maximum atomic E-state index is 12.8. The number of oxazole rings is 1. The van der Waals surface area contributed by atoms with Gasteiger partial charge in [-0.25, -0.2) is 4.98 Å². The van der Waals surface area contributed by atoms with E-state index in [1.807, 2.05) is 43.3 Å². The lowest BCUT2D eigenvalue weighted by molar-refractivity contribution is -0.121. The van der Waals surface area contributed by atoms with Crippen molar-refractivity contribution >= 4 is 17.2 Å². The van der Waals surface area contributed by atoms with Crippen molar-refractivity contribution in [1.82, 2.24) is 10.3 Å². The molecule has 0 radical (unpaired) electrons. The number of aryl methyl sites for hydroxylation is 1. The molecule has 0 saturated heterocycles. The fourth-order valence-electron chi connectivity index (χ4n) is 3.32. The predicted molar refractivity (Wildman–Crippen MR) is 110 cm³/mol.